The van der Waals surface area contributed by atoms with E-state index < -0.39 is 0 Å². The molecule has 0 spiro atoms. The Hall–Kier alpha value is -0.630. The number of amides is 2. The smallest absolute Gasteiger partial charge is 0.264 e. The lowest BCUT2D eigenvalue weighted by molar-refractivity contribution is -0.121. The van der Waals surface area contributed by atoms with E-state index in [0.717, 1.165) is 23.2 Å². The molecule has 1 aliphatic rings. The van der Waals surface area contributed by atoms with Gasteiger partial charge in [-0.1, -0.05) is 0 Å². The van der Waals surface area contributed by atoms with Crippen molar-refractivity contribution in [3.8, 4) is 0 Å². The molecule has 1 aromatic heterocycles. The highest BCUT2D eigenvalue weighted by Gasteiger charge is 2.18. The molecule has 2 N–H and O–H groups in total. The van der Waals surface area contributed by atoms with Gasteiger partial charge in [0.1, 0.15) is 0 Å². The first-order valence-corrected chi connectivity index (χ1v) is 8.18. The van der Waals surface area contributed by atoms with Crippen molar-refractivity contribution in [1.82, 2.24) is 15.5 Å². The van der Waals surface area contributed by atoms with Crippen LogP contribution in [-0.2, 0) is 4.79 Å². The topological polar surface area (TPSA) is 61.4 Å². The van der Waals surface area contributed by atoms with Crippen LogP contribution < -0.4 is 10.6 Å². The molecule has 8 heteroatoms. The summed E-state index contributed by atoms with van der Waals surface area (Å²) >= 11 is 4.69. The summed E-state index contributed by atoms with van der Waals surface area (Å²) in [7, 11) is 1.64. The Morgan fingerprint density at radius 2 is 2.29 bits per heavy atom. The SMILES string of the molecule is CN(CC(=O)NCC1CCCN1)C(=O)c1ccc(Br)s1.Cl. The Labute approximate surface area is 143 Å². The predicted molar refractivity (Wildman–Crippen MR) is 90.3 cm³/mol. The molecule has 0 aromatic carbocycles. The maximum absolute atomic E-state index is 12.1. The van der Waals surface area contributed by atoms with E-state index in [2.05, 4.69) is 26.6 Å². The van der Waals surface area contributed by atoms with Gasteiger partial charge in [-0.2, -0.15) is 0 Å². The molecule has 5 nitrogen and oxygen atoms in total. The lowest BCUT2D eigenvalue weighted by atomic mass is 10.2. The first kappa shape index (κ1) is 18.4. The summed E-state index contributed by atoms with van der Waals surface area (Å²) < 4.78 is 0.908. The van der Waals surface area contributed by atoms with Crippen molar-refractivity contribution in [2.45, 2.75) is 18.9 Å². The number of nitrogens with one attached hydrogen (secondary N) is 2. The van der Waals surface area contributed by atoms with Gasteiger partial charge in [0.25, 0.3) is 5.91 Å². The van der Waals surface area contributed by atoms with Gasteiger partial charge in [0.05, 0.1) is 15.2 Å². The molecule has 118 valence electrons. The van der Waals surface area contributed by atoms with Gasteiger partial charge < -0.3 is 15.5 Å². The van der Waals surface area contributed by atoms with E-state index >= 15 is 0 Å². The van der Waals surface area contributed by atoms with Crippen molar-refractivity contribution in [1.29, 1.82) is 0 Å². The fraction of sp³-hybridized carbons (Fsp3) is 0.538. The van der Waals surface area contributed by atoms with Crippen LogP contribution in [0.5, 0.6) is 0 Å². The summed E-state index contributed by atoms with van der Waals surface area (Å²) in [6.07, 6.45) is 2.25. The Morgan fingerprint density at radius 3 is 2.86 bits per heavy atom. The van der Waals surface area contributed by atoms with Gasteiger partial charge in [-0.15, -0.1) is 23.7 Å². The number of thiophene rings is 1. The van der Waals surface area contributed by atoms with Crippen molar-refractivity contribution < 1.29 is 9.59 Å². The maximum Gasteiger partial charge on any atom is 0.264 e. The number of hydrogen-bond acceptors (Lipinski definition) is 4. The molecule has 0 radical (unpaired) electrons. The summed E-state index contributed by atoms with van der Waals surface area (Å²) in [5.74, 6) is -0.250. The average molecular weight is 397 g/mol. The molecule has 1 aliphatic heterocycles. The normalized spacial score (nSPS) is 17.1. The first-order valence-electron chi connectivity index (χ1n) is 6.57. The standard InChI is InChI=1S/C13H18BrN3O2S.ClH/c1-17(13(19)10-4-5-11(14)20-10)8-12(18)16-7-9-3-2-6-15-9;/h4-5,9,15H,2-3,6-8H2,1H3,(H,16,18);1H. The Balaban J connectivity index is 0.00000220. The predicted octanol–water partition coefficient (Wildman–Crippen LogP) is 1.87. The van der Waals surface area contributed by atoms with Gasteiger partial charge in [0.2, 0.25) is 5.91 Å². The third-order valence-corrected chi connectivity index (χ3v) is 4.83. The third-order valence-electron chi connectivity index (χ3n) is 3.22. The highest BCUT2D eigenvalue weighted by molar-refractivity contribution is 9.11. The molecular formula is C13H19BrClN3O2S. The first-order chi connectivity index (χ1) is 9.56. The van der Waals surface area contributed by atoms with Crippen molar-refractivity contribution in [2.24, 2.45) is 0 Å². The second-order valence-corrected chi connectivity index (χ2v) is 7.33. The molecule has 2 rings (SSSR count). The van der Waals surface area contributed by atoms with Crippen LogP contribution in [-0.4, -0.2) is 49.4 Å². The zero-order valence-corrected chi connectivity index (χ0v) is 14.9. The zero-order valence-electron chi connectivity index (χ0n) is 11.7. The third kappa shape index (κ3) is 5.58. The minimum absolute atomic E-state index is 0. The van der Waals surface area contributed by atoms with Crippen LogP contribution in [0.2, 0.25) is 0 Å². The van der Waals surface area contributed by atoms with E-state index in [1.54, 1.807) is 13.1 Å². The molecule has 2 amide bonds. The minimum atomic E-state index is -0.130. The van der Waals surface area contributed by atoms with Gasteiger partial charge in [-0.05, 0) is 47.4 Å². The van der Waals surface area contributed by atoms with E-state index in [9.17, 15) is 9.59 Å². The van der Waals surface area contributed by atoms with Gasteiger partial charge in [-0.25, -0.2) is 0 Å². The minimum Gasteiger partial charge on any atom is -0.353 e. The van der Waals surface area contributed by atoms with E-state index in [0.29, 0.717) is 17.5 Å². The molecule has 1 unspecified atom stereocenters. The van der Waals surface area contributed by atoms with Crippen molar-refractivity contribution >= 4 is 51.5 Å². The summed E-state index contributed by atoms with van der Waals surface area (Å²) in [5, 5.41) is 6.18. The van der Waals surface area contributed by atoms with Crippen LogP contribution >= 0.6 is 39.7 Å². The van der Waals surface area contributed by atoms with Crippen molar-refractivity contribution in [2.75, 3.05) is 26.7 Å². The maximum atomic E-state index is 12.1. The number of nitrogens with zero attached hydrogens (tertiary/aromatic N) is 1. The number of carbonyl (C=O) groups is 2. The van der Waals surface area contributed by atoms with Crippen LogP contribution in [0.3, 0.4) is 0 Å². The number of rotatable bonds is 5. The van der Waals surface area contributed by atoms with E-state index in [1.165, 1.54) is 16.2 Å². The molecule has 1 aromatic rings. The Kier molecular flexibility index (Phi) is 7.65. The molecular weight excluding hydrogens is 378 g/mol. The Morgan fingerprint density at radius 1 is 1.52 bits per heavy atom. The fourth-order valence-electron chi connectivity index (χ4n) is 2.13. The molecule has 1 saturated heterocycles. The molecule has 0 bridgehead atoms. The quantitative estimate of drug-likeness (QED) is 0.799. The van der Waals surface area contributed by atoms with Crippen molar-refractivity contribution in [3.63, 3.8) is 0 Å². The van der Waals surface area contributed by atoms with Gasteiger partial charge in [-0.3, -0.25) is 9.59 Å². The number of halogens is 2. The lowest BCUT2D eigenvalue weighted by Crippen LogP contribution is -2.42. The molecule has 0 saturated carbocycles. The molecule has 1 fully saturated rings. The summed E-state index contributed by atoms with van der Waals surface area (Å²) in [6, 6.07) is 3.96. The van der Waals surface area contributed by atoms with Gasteiger partial charge in [0.15, 0.2) is 0 Å². The van der Waals surface area contributed by atoms with Crippen LogP contribution in [0.4, 0.5) is 0 Å². The van der Waals surface area contributed by atoms with E-state index in [1.807, 2.05) is 6.07 Å². The van der Waals surface area contributed by atoms with Gasteiger partial charge in [0, 0.05) is 19.6 Å². The van der Waals surface area contributed by atoms with E-state index in [-0.39, 0.29) is 30.8 Å². The largest absolute Gasteiger partial charge is 0.353 e. The van der Waals surface area contributed by atoms with Crippen molar-refractivity contribution in [3.05, 3.63) is 20.8 Å². The second kappa shape index (κ2) is 8.73. The second-order valence-electron chi connectivity index (χ2n) is 4.86. The monoisotopic (exact) mass is 395 g/mol. The number of likely N-dealkylation sites (N-methyl/N-ethyl adjacent to an activating group) is 1. The molecule has 21 heavy (non-hydrogen) atoms. The van der Waals surface area contributed by atoms with Crippen LogP contribution in [0.1, 0.15) is 22.5 Å². The highest BCUT2D eigenvalue weighted by atomic mass is 79.9. The lowest BCUT2D eigenvalue weighted by Gasteiger charge is -2.17. The van der Waals surface area contributed by atoms with Crippen LogP contribution in [0, 0.1) is 0 Å². The molecule has 1 atom stereocenters. The molecule has 2 heterocycles. The number of hydrogen-bond donors (Lipinski definition) is 2. The number of carbonyl (C=O) groups excluding carboxylic acids is 2. The van der Waals surface area contributed by atoms with E-state index in [4.69, 9.17) is 0 Å². The Bertz CT molecular complexity index is 492. The summed E-state index contributed by atoms with van der Waals surface area (Å²) in [6.45, 7) is 1.73. The highest BCUT2D eigenvalue weighted by Crippen LogP contribution is 2.22. The van der Waals surface area contributed by atoms with Gasteiger partial charge >= 0.3 is 0 Å². The van der Waals surface area contributed by atoms with Crippen LogP contribution in [0.25, 0.3) is 0 Å². The average Bonchev–Trinajstić information content (AvgIpc) is 3.06. The summed E-state index contributed by atoms with van der Waals surface area (Å²) in [4.78, 5) is 26.0. The molecule has 0 aliphatic carbocycles. The van der Waals surface area contributed by atoms with Crippen LogP contribution in [0.15, 0.2) is 15.9 Å². The fourth-order valence-corrected chi connectivity index (χ4v) is 3.51. The zero-order chi connectivity index (χ0) is 14.5. The summed E-state index contributed by atoms with van der Waals surface area (Å²) in [5.41, 5.74) is 0.